The highest BCUT2D eigenvalue weighted by Gasteiger charge is 2.15. The van der Waals surface area contributed by atoms with Gasteiger partial charge in [0.15, 0.2) is 5.82 Å². The van der Waals surface area contributed by atoms with E-state index in [1.165, 1.54) is 0 Å². The lowest BCUT2D eigenvalue weighted by Gasteiger charge is -2.14. The summed E-state index contributed by atoms with van der Waals surface area (Å²) in [5.74, 6) is 3.40. The molecule has 20 heavy (non-hydrogen) atoms. The Morgan fingerprint density at radius 1 is 1.25 bits per heavy atom. The fourth-order valence-corrected chi connectivity index (χ4v) is 2.41. The highest BCUT2D eigenvalue weighted by molar-refractivity contribution is 5.62. The van der Waals surface area contributed by atoms with Gasteiger partial charge in [0, 0.05) is 18.0 Å². The van der Waals surface area contributed by atoms with Crippen molar-refractivity contribution in [2.75, 3.05) is 5.32 Å². The Morgan fingerprint density at radius 3 is 2.75 bits per heavy atom. The van der Waals surface area contributed by atoms with Gasteiger partial charge in [-0.2, -0.15) is 0 Å². The number of hydrogen-bond donors (Lipinski definition) is 1. The molecular weight excluding hydrogens is 254 g/mol. The molecule has 3 rings (SSSR count). The highest BCUT2D eigenvalue weighted by Crippen LogP contribution is 2.25. The fraction of sp³-hybridized carbons (Fsp3) is 0.357. The van der Waals surface area contributed by atoms with Crippen LogP contribution in [0.4, 0.5) is 5.82 Å². The number of nitrogens with zero attached hydrogens (tertiary/aromatic N) is 4. The molecule has 3 aromatic rings. The van der Waals surface area contributed by atoms with E-state index in [-0.39, 0.29) is 6.04 Å². The van der Waals surface area contributed by atoms with E-state index < -0.39 is 0 Å². The van der Waals surface area contributed by atoms with Crippen LogP contribution in [0, 0.1) is 20.8 Å². The molecule has 0 fully saturated rings. The van der Waals surface area contributed by atoms with E-state index in [0.29, 0.717) is 0 Å². The first-order valence-electron chi connectivity index (χ1n) is 6.56. The molecule has 1 N–H and O–H groups in total. The van der Waals surface area contributed by atoms with Gasteiger partial charge in [-0.05, 0) is 33.8 Å². The summed E-state index contributed by atoms with van der Waals surface area (Å²) in [6.07, 6.45) is 3.60. The van der Waals surface area contributed by atoms with Gasteiger partial charge >= 0.3 is 0 Å². The van der Waals surface area contributed by atoms with Crippen LogP contribution in [0.5, 0.6) is 0 Å². The van der Waals surface area contributed by atoms with Gasteiger partial charge in [0.05, 0.1) is 6.04 Å². The Hall–Kier alpha value is -2.37. The van der Waals surface area contributed by atoms with Crippen LogP contribution in [-0.4, -0.2) is 19.6 Å². The van der Waals surface area contributed by atoms with Crippen LogP contribution >= 0.6 is 0 Å². The molecule has 1 atom stereocenters. The van der Waals surface area contributed by atoms with Crippen LogP contribution < -0.4 is 5.32 Å². The van der Waals surface area contributed by atoms with Gasteiger partial charge in [-0.15, -0.1) is 10.2 Å². The number of rotatable bonds is 3. The predicted octanol–water partition coefficient (Wildman–Crippen LogP) is 2.82. The quantitative estimate of drug-likeness (QED) is 0.793. The van der Waals surface area contributed by atoms with E-state index in [4.69, 9.17) is 4.42 Å². The number of nitrogens with one attached hydrogen (secondary N) is 1. The molecule has 0 aromatic carbocycles. The lowest BCUT2D eigenvalue weighted by atomic mass is 10.1. The lowest BCUT2D eigenvalue weighted by molar-refractivity contribution is 0.500. The van der Waals surface area contributed by atoms with E-state index in [1.54, 1.807) is 6.20 Å². The Bertz CT molecular complexity index is 758. The first-order valence-corrected chi connectivity index (χ1v) is 6.56. The van der Waals surface area contributed by atoms with Crippen LogP contribution in [0.1, 0.15) is 35.9 Å². The third-order valence-electron chi connectivity index (χ3n) is 3.40. The lowest BCUT2D eigenvalue weighted by Crippen LogP contribution is -2.09. The van der Waals surface area contributed by atoms with E-state index >= 15 is 0 Å². The van der Waals surface area contributed by atoms with Crippen LogP contribution in [0.15, 0.2) is 22.9 Å². The minimum absolute atomic E-state index is 0.0863. The first kappa shape index (κ1) is 12.7. The van der Waals surface area contributed by atoms with Gasteiger partial charge in [0.25, 0.3) is 0 Å². The Morgan fingerprint density at radius 2 is 2.05 bits per heavy atom. The van der Waals surface area contributed by atoms with Crippen molar-refractivity contribution in [3.63, 3.8) is 0 Å². The van der Waals surface area contributed by atoms with Gasteiger partial charge in [0.2, 0.25) is 5.65 Å². The third-order valence-corrected chi connectivity index (χ3v) is 3.40. The second-order valence-electron chi connectivity index (χ2n) is 4.95. The van der Waals surface area contributed by atoms with Gasteiger partial charge in [-0.25, -0.2) is 4.98 Å². The van der Waals surface area contributed by atoms with E-state index in [2.05, 4.69) is 27.4 Å². The van der Waals surface area contributed by atoms with Gasteiger partial charge in [-0.3, -0.25) is 4.40 Å². The average Bonchev–Trinajstić information content (AvgIpc) is 2.94. The molecule has 0 radical (unpaired) electrons. The van der Waals surface area contributed by atoms with Crippen molar-refractivity contribution in [3.05, 3.63) is 41.4 Å². The molecule has 0 aliphatic rings. The van der Waals surface area contributed by atoms with E-state index in [1.807, 2.05) is 37.4 Å². The van der Waals surface area contributed by atoms with Crippen molar-refractivity contribution in [1.29, 1.82) is 0 Å². The van der Waals surface area contributed by atoms with Crippen molar-refractivity contribution in [1.82, 2.24) is 19.6 Å². The monoisotopic (exact) mass is 271 g/mol. The average molecular weight is 271 g/mol. The topological polar surface area (TPSA) is 68.2 Å². The Balaban J connectivity index is 1.95. The summed E-state index contributed by atoms with van der Waals surface area (Å²) in [4.78, 5) is 4.36. The van der Waals surface area contributed by atoms with Crippen molar-refractivity contribution >= 4 is 11.5 Å². The normalized spacial score (nSPS) is 12.8. The number of fused-ring (bicyclic) bond motifs is 1. The maximum Gasteiger partial charge on any atom is 0.203 e. The first-order chi connectivity index (χ1) is 9.56. The molecule has 0 spiro atoms. The molecule has 0 bridgehead atoms. The minimum Gasteiger partial charge on any atom is -0.466 e. The third kappa shape index (κ3) is 2.03. The predicted molar refractivity (Wildman–Crippen MR) is 75.7 cm³/mol. The fourth-order valence-electron chi connectivity index (χ4n) is 2.41. The number of furan rings is 1. The molecule has 3 aromatic heterocycles. The minimum atomic E-state index is 0.0863. The number of aromatic nitrogens is 4. The molecule has 104 valence electrons. The summed E-state index contributed by atoms with van der Waals surface area (Å²) in [7, 11) is 0. The molecule has 0 amide bonds. The molecule has 6 heteroatoms. The van der Waals surface area contributed by atoms with Crippen LogP contribution in [-0.2, 0) is 0 Å². The van der Waals surface area contributed by atoms with E-state index in [9.17, 15) is 0 Å². The smallest absolute Gasteiger partial charge is 0.203 e. The van der Waals surface area contributed by atoms with Crippen LogP contribution in [0.2, 0.25) is 0 Å². The van der Waals surface area contributed by atoms with Crippen LogP contribution in [0.25, 0.3) is 5.65 Å². The second-order valence-corrected chi connectivity index (χ2v) is 4.95. The zero-order valence-corrected chi connectivity index (χ0v) is 12.0. The zero-order valence-electron chi connectivity index (χ0n) is 12.0. The zero-order chi connectivity index (χ0) is 14.3. The molecular formula is C14H17N5O. The molecule has 3 heterocycles. The SMILES string of the molecule is Cc1cc(C(C)Nc2nccn3c(C)nnc23)c(C)o1. The maximum atomic E-state index is 5.57. The van der Waals surface area contributed by atoms with Crippen molar-refractivity contribution in [3.8, 4) is 0 Å². The van der Waals surface area contributed by atoms with Gasteiger partial charge < -0.3 is 9.73 Å². The van der Waals surface area contributed by atoms with Gasteiger partial charge in [0.1, 0.15) is 17.3 Å². The summed E-state index contributed by atoms with van der Waals surface area (Å²) in [6.45, 7) is 7.91. The Kier molecular flexibility index (Phi) is 2.93. The Labute approximate surface area is 116 Å². The van der Waals surface area contributed by atoms with Crippen molar-refractivity contribution < 1.29 is 4.42 Å². The molecule has 0 aliphatic heterocycles. The second kappa shape index (κ2) is 4.63. The number of anilines is 1. The van der Waals surface area contributed by atoms with Crippen molar-refractivity contribution in [2.24, 2.45) is 0 Å². The highest BCUT2D eigenvalue weighted by atomic mass is 16.3. The summed E-state index contributed by atoms with van der Waals surface area (Å²) in [5, 5.41) is 11.6. The summed E-state index contributed by atoms with van der Waals surface area (Å²) >= 11 is 0. The summed E-state index contributed by atoms with van der Waals surface area (Å²) in [5.41, 5.74) is 1.86. The summed E-state index contributed by atoms with van der Waals surface area (Å²) < 4.78 is 7.48. The van der Waals surface area contributed by atoms with Crippen LogP contribution in [0.3, 0.4) is 0 Å². The molecule has 0 saturated heterocycles. The number of hydrogen-bond acceptors (Lipinski definition) is 5. The standard InChI is InChI=1S/C14H17N5O/c1-8-7-12(10(3)20-8)9(2)16-13-14-18-17-11(4)19(14)6-5-15-13/h5-7,9H,1-4H3,(H,15,16). The molecule has 6 nitrogen and oxygen atoms in total. The molecule has 0 saturated carbocycles. The molecule has 0 aliphatic carbocycles. The largest absolute Gasteiger partial charge is 0.466 e. The van der Waals surface area contributed by atoms with Crippen molar-refractivity contribution in [2.45, 2.75) is 33.7 Å². The maximum absolute atomic E-state index is 5.57. The summed E-state index contributed by atoms with van der Waals surface area (Å²) in [6, 6.07) is 2.13. The number of aryl methyl sites for hydroxylation is 3. The van der Waals surface area contributed by atoms with Gasteiger partial charge in [-0.1, -0.05) is 0 Å². The molecule has 1 unspecified atom stereocenters. The van der Waals surface area contributed by atoms with E-state index in [0.717, 1.165) is 34.4 Å².